The summed E-state index contributed by atoms with van der Waals surface area (Å²) in [5, 5.41) is 18.8. The summed E-state index contributed by atoms with van der Waals surface area (Å²) in [4.78, 5) is 12.6. The van der Waals surface area contributed by atoms with Gasteiger partial charge in [-0.25, -0.2) is 0 Å². The Hall–Kier alpha value is -0.957. The van der Waals surface area contributed by atoms with Gasteiger partial charge in [-0.3, -0.25) is 10.1 Å². The zero-order valence-electron chi connectivity index (χ0n) is 8.29. The third kappa shape index (κ3) is 4.71. The molecule has 1 aromatic rings. The summed E-state index contributed by atoms with van der Waals surface area (Å²) in [5.74, 6) is 0.285. The molecule has 0 atom stereocenters. The van der Waals surface area contributed by atoms with Crippen LogP contribution < -0.4 is 17.1 Å². The van der Waals surface area contributed by atoms with E-state index < -0.39 is 4.92 Å². The third-order valence-electron chi connectivity index (χ3n) is 1.48. The second kappa shape index (κ2) is 9.28. The molecule has 0 aliphatic heterocycles. The van der Waals surface area contributed by atoms with Gasteiger partial charge in [0, 0.05) is 6.07 Å². The minimum absolute atomic E-state index is 0. The molecule has 1 rings (SSSR count). The van der Waals surface area contributed by atoms with Gasteiger partial charge in [-0.2, -0.15) is 0 Å². The third-order valence-corrected chi connectivity index (χ3v) is 1.48. The van der Waals surface area contributed by atoms with Crippen molar-refractivity contribution in [1.82, 2.24) is 0 Å². The molecule has 1 aromatic carbocycles. The van der Waals surface area contributed by atoms with Crippen LogP contribution in [-0.2, 0) is 19.5 Å². The predicted molar refractivity (Wildman–Crippen MR) is 51.6 cm³/mol. The number of ether oxygens (including phenoxy) is 1. The molecule has 0 bridgehead atoms. The number of methoxy groups -OCH3 is 1. The number of rotatable bonds is 2. The second-order valence-electron chi connectivity index (χ2n) is 2.21. The first-order chi connectivity index (χ1) is 6.19. The minimum atomic E-state index is -0.575. The Morgan fingerprint density at radius 2 is 2.06 bits per heavy atom. The van der Waals surface area contributed by atoms with Crippen LogP contribution in [0.5, 0.6) is 5.75 Å². The average molecular weight is 317 g/mol. The number of nitro groups is 1. The van der Waals surface area contributed by atoms with Crippen molar-refractivity contribution in [3.63, 3.8) is 0 Å². The number of benzene rings is 1. The van der Waals surface area contributed by atoms with Crippen LogP contribution in [0, 0.1) is 15.5 Å². The van der Waals surface area contributed by atoms with Crippen LogP contribution in [-0.4, -0.2) is 12.0 Å². The van der Waals surface area contributed by atoms with Crippen molar-refractivity contribution in [2.75, 3.05) is 7.11 Å². The van der Waals surface area contributed by atoms with Gasteiger partial charge in [0.2, 0.25) is 11.1 Å². The molecule has 0 heterocycles. The molecule has 16 heavy (non-hydrogen) atoms. The van der Waals surface area contributed by atoms with E-state index in [1.54, 1.807) is 0 Å². The van der Waals surface area contributed by atoms with Crippen LogP contribution >= 0.6 is 12.4 Å². The molecule has 0 saturated carbocycles. The van der Waals surface area contributed by atoms with Gasteiger partial charge in [0.05, 0.1) is 12.0 Å². The van der Waals surface area contributed by atoms with Gasteiger partial charge in [0.25, 0.3) is 5.69 Å². The quantitative estimate of drug-likeness (QED) is 0.319. The van der Waals surface area contributed by atoms with E-state index in [1.807, 2.05) is 0 Å². The first-order valence-corrected chi connectivity index (χ1v) is 3.36. The van der Waals surface area contributed by atoms with E-state index >= 15 is 0 Å². The predicted octanol–water partition coefficient (Wildman–Crippen LogP) is -0.489. The Bertz CT molecular complexity index is 397. The molecule has 0 saturated heterocycles. The molecule has 0 aromatic heterocycles. The topological polar surface area (TPSA) is 80.5 Å². The number of nitro benzene ring substituents is 1. The van der Waals surface area contributed by atoms with Crippen molar-refractivity contribution in [2.24, 2.45) is 0 Å². The average Bonchev–Trinajstić information content (AvgIpc) is 2.16. The Kier molecular flexibility index (Phi) is 11.9. The first kappa shape index (κ1) is 20.5. The number of hydrogen-bond acceptors (Lipinski definition) is 4. The molecule has 0 unspecified atom stereocenters. The second-order valence-corrected chi connectivity index (χ2v) is 2.21. The maximum atomic E-state index is 10.3. The van der Waals surface area contributed by atoms with Crippen molar-refractivity contribution in [3.05, 3.63) is 33.3 Å². The van der Waals surface area contributed by atoms with Crippen LogP contribution in [0.15, 0.2) is 18.2 Å². The van der Waals surface area contributed by atoms with Crippen molar-refractivity contribution >= 4 is 23.8 Å². The number of halogens is 2. The molecule has 0 radical (unpaired) electrons. The van der Waals surface area contributed by atoms with Crippen LogP contribution in [0.25, 0.3) is 4.98 Å². The summed E-state index contributed by atoms with van der Waals surface area (Å²) < 4.78 is 4.79. The minimum Gasteiger partial charge on any atom is -1.00 e. The molecule has 0 N–H and O–H groups in total. The molecular weight excluding hydrogens is 310 g/mol. The van der Waals surface area contributed by atoms with Gasteiger partial charge in [0.15, 0.2) is 4.98 Å². The Labute approximate surface area is 117 Å². The van der Waals surface area contributed by atoms with E-state index in [0.717, 1.165) is 6.07 Å². The van der Waals surface area contributed by atoms with E-state index in [2.05, 4.69) is 4.98 Å². The fourth-order valence-electron chi connectivity index (χ4n) is 0.870. The van der Waals surface area contributed by atoms with Gasteiger partial charge in [0.1, 0.15) is 6.07 Å². The monoisotopic (exact) mass is 315 g/mol. The molecule has 0 spiro atoms. The van der Waals surface area contributed by atoms with E-state index in [4.69, 9.17) is 10.1 Å². The van der Waals surface area contributed by atoms with Gasteiger partial charge in [-0.1, -0.05) is 0 Å². The zero-order chi connectivity index (χ0) is 9.84. The van der Waals surface area contributed by atoms with Crippen molar-refractivity contribution in [3.8, 4) is 5.75 Å². The molecule has 0 amide bonds. The Balaban J connectivity index is -0.000000563. The van der Waals surface area contributed by atoms with E-state index in [9.17, 15) is 10.1 Å². The van der Waals surface area contributed by atoms with E-state index in [1.165, 1.54) is 19.2 Å². The summed E-state index contributed by atoms with van der Waals surface area (Å²) in [6.07, 6.45) is 0. The van der Waals surface area contributed by atoms with Crippen LogP contribution in [0.4, 0.5) is 11.4 Å². The summed E-state index contributed by atoms with van der Waals surface area (Å²) in [5.41, 5.74) is -0.106. The number of non-ortho nitro benzene ring substituents is 1. The van der Waals surface area contributed by atoms with Gasteiger partial charge >= 0.3 is 25.2 Å². The maximum absolute atomic E-state index is 10.3. The van der Waals surface area contributed by atoms with E-state index in [-0.39, 0.29) is 61.4 Å². The molecular formula is C7H7Cl2N3O3Zn+2. The normalized spacial score (nSPS) is 7.25. The van der Waals surface area contributed by atoms with E-state index in [0.29, 0.717) is 0 Å². The Morgan fingerprint density at radius 1 is 1.50 bits per heavy atom. The Morgan fingerprint density at radius 3 is 2.44 bits per heavy atom. The van der Waals surface area contributed by atoms with Crippen LogP contribution in [0.1, 0.15) is 0 Å². The largest absolute Gasteiger partial charge is 2.00 e. The molecule has 82 valence electrons. The fraction of sp³-hybridized carbons (Fsp3) is 0.143. The summed E-state index contributed by atoms with van der Waals surface area (Å²) >= 11 is 0. The summed E-state index contributed by atoms with van der Waals surface area (Å²) in [6, 6.07) is 3.76. The van der Waals surface area contributed by atoms with Gasteiger partial charge < -0.3 is 17.1 Å². The van der Waals surface area contributed by atoms with Crippen molar-refractivity contribution < 1.29 is 41.5 Å². The molecule has 0 aliphatic carbocycles. The van der Waals surface area contributed by atoms with Gasteiger partial charge in [-0.05, 0) is 6.07 Å². The first-order valence-electron chi connectivity index (χ1n) is 3.36. The zero-order valence-corrected chi connectivity index (χ0v) is 12.8. The van der Waals surface area contributed by atoms with Gasteiger partial charge in [-0.15, -0.1) is 12.4 Å². The number of nitrogens with zero attached hydrogens (tertiary/aromatic N) is 3. The molecule has 0 fully saturated rings. The number of hydrogen-bond donors (Lipinski definition) is 0. The number of diazo groups is 1. The summed E-state index contributed by atoms with van der Waals surface area (Å²) in [7, 11) is 1.38. The SMILES string of the molecule is COc1ccc([N+](=O)[O-])cc1[N+]#N.Cl.[Cl-].[Zn+2]. The van der Waals surface area contributed by atoms with Crippen molar-refractivity contribution in [2.45, 2.75) is 0 Å². The molecule has 9 heteroatoms. The van der Waals surface area contributed by atoms with Crippen LogP contribution in [0.2, 0.25) is 0 Å². The standard InChI is InChI=1S/C7H6N3O3.2ClH.Zn/c1-13-7-3-2-5(10(11)12)4-6(7)9-8;;;/h2-4H,1H3;2*1H;/q+1;;;+2/p-1. The maximum Gasteiger partial charge on any atom is 2.00 e. The molecule has 6 nitrogen and oxygen atoms in total. The molecule has 0 aliphatic rings. The van der Waals surface area contributed by atoms with Crippen molar-refractivity contribution in [1.29, 1.82) is 5.39 Å². The van der Waals surface area contributed by atoms with Crippen LogP contribution in [0.3, 0.4) is 0 Å². The summed E-state index contributed by atoms with van der Waals surface area (Å²) in [6.45, 7) is 0. The fourth-order valence-corrected chi connectivity index (χ4v) is 0.870. The smallest absolute Gasteiger partial charge is 1.00 e.